The molecule has 3 nitrogen and oxygen atoms in total. The van der Waals surface area contributed by atoms with E-state index in [-0.39, 0.29) is 0 Å². The van der Waals surface area contributed by atoms with Gasteiger partial charge in [-0.15, -0.1) is 0 Å². The van der Waals surface area contributed by atoms with E-state index in [4.69, 9.17) is 0 Å². The molecule has 2 N–H and O–H groups in total. The smallest absolute Gasteiger partial charge is 0.148 e. The number of benzene rings is 1. The molecule has 1 aromatic heterocycles. The Morgan fingerprint density at radius 2 is 1.94 bits per heavy atom. The highest BCUT2D eigenvalue weighted by molar-refractivity contribution is 5.66. The molecule has 0 radical (unpaired) electrons. The number of hydrogen-bond donors (Lipinski definition) is 2. The van der Waals surface area contributed by atoms with Crippen molar-refractivity contribution in [3.8, 4) is 11.3 Å². The molecule has 1 aromatic carbocycles. The molecule has 17 heavy (non-hydrogen) atoms. The minimum absolute atomic E-state index is 0.394. The third-order valence-electron chi connectivity index (χ3n) is 2.69. The highest BCUT2D eigenvalue weighted by Gasteiger charge is 2.06. The fraction of sp³-hybridized carbons (Fsp3) is 0.357. The summed E-state index contributed by atoms with van der Waals surface area (Å²) in [6.45, 7) is 8.44. The monoisotopic (exact) mass is 229 g/mol. The van der Waals surface area contributed by atoms with Crippen LogP contribution >= 0.6 is 0 Å². The maximum absolute atomic E-state index is 4.26. The number of anilines is 1. The van der Waals surface area contributed by atoms with Crippen LogP contribution in [0, 0.1) is 13.8 Å². The molecule has 2 rings (SSSR count). The Balaban J connectivity index is 2.30. The first-order chi connectivity index (χ1) is 8.06. The van der Waals surface area contributed by atoms with E-state index in [0.29, 0.717) is 6.04 Å². The van der Waals surface area contributed by atoms with Crippen molar-refractivity contribution in [3.63, 3.8) is 0 Å². The van der Waals surface area contributed by atoms with Crippen LogP contribution in [0.5, 0.6) is 0 Å². The summed E-state index contributed by atoms with van der Waals surface area (Å²) >= 11 is 0. The minimum atomic E-state index is 0.394. The first kappa shape index (κ1) is 11.7. The summed E-state index contributed by atoms with van der Waals surface area (Å²) in [7, 11) is 0. The summed E-state index contributed by atoms with van der Waals surface area (Å²) in [5, 5.41) is 10.6. The van der Waals surface area contributed by atoms with Gasteiger partial charge in [-0.3, -0.25) is 5.10 Å². The number of H-pyrrole nitrogens is 1. The quantitative estimate of drug-likeness (QED) is 0.845. The highest BCUT2D eigenvalue weighted by Crippen LogP contribution is 2.24. The third kappa shape index (κ3) is 2.67. The molecule has 0 saturated heterocycles. The lowest BCUT2D eigenvalue weighted by Crippen LogP contribution is -2.09. The predicted molar refractivity (Wildman–Crippen MR) is 72.3 cm³/mol. The molecule has 0 aliphatic heterocycles. The van der Waals surface area contributed by atoms with E-state index in [1.807, 2.05) is 0 Å². The molecule has 0 atom stereocenters. The number of aryl methyl sites for hydroxylation is 2. The minimum Gasteiger partial charge on any atom is -0.366 e. The van der Waals surface area contributed by atoms with Gasteiger partial charge in [0.05, 0.1) is 5.69 Å². The molecule has 3 heteroatoms. The highest BCUT2D eigenvalue weighted by atomic mass is 15.2. The fourth-order valence-corrected chi connectivity index (χ4v) is 1.95. The summed E-state index contributed by atoms with van der Waals surface area (Å²) in [6.07, 6.45) is 0. The number of aromatic nitrogens is 2. The van der Waals surface area contributed by atoms with Crippen molar-refractivity contribution in [1.82, 2.24) is 10.2 Å². The van der Waals surface area contributed by atoms with Gasteiger partial charge in [0.25, 0.3) is 0 Å². The van der Waals surface area contributed by atoms with Gasteiger partial charge in [0.2, 0.25) is 0 Å². The molecule has 0 unspecified atom stereocenters. The van der Waals surface area contributed by atoms with E-state index >= 15 is 0 Å². The standard InChI is InChI=1S/C14H19N3/c1-9(2)15-14-8-13(16-17-14)12-6-5-10(3)7-11(12)4/h5-9H,1-4H3,(H2,15,16,17). The maximum atomic E-state index is 4.26. The normalized spacial score (nSPS) is 10.9. The topological polar surface area (TPSA) is 40.7 Å². The molecule has 0 spiro atoms. The molecule has 0 aliphatic carbocycles. The summed E-state index contributed by atoms with van der Waals surface area (Å²) in [5.74, 6) is 0.898. The zero-order valence-corrected chi connectivity index (χ0v) is 10.8. The van der Waals surface area contributed by atoms with Gasteiger partial charge in [0.15, 0.2) is 0 Å². The number of rotatable bonds is 3. The number of nitrogens with zero attached hydrogens (tertiary/aromatic N) is 1. The molecule has 0 saturated carbocycles. The average molecular weight is 229 g/mol. The Morgan fingerprint density at radius 1 is 1.18 bits per heavy atom. The predicted octanol–water partition coefficient (Wildman–Crippen LogP) is 3.51. The van der Waals surface area contributed by atoms with Gasteiger partial charge in [-0.25, -0.2) is 0 Å². The van der Waals surface area contributed by atoms with E-state index in [9.17, 15) is 0 Å². The number of aromatic amines is 1. The van der Waals surface area contributed by atoms with Crippen molar-refractivity contribution in [1.29, 1.82) is 0 Å². The Morgan fingerprint density at radius 3 is 2.59 bits per heavy atom. The van der Waals surface area contributed by atoms with Gasteiger partial charge in [-0.2, -0.15) is 5.10 Å². The van der Waals surface area contributed by atoms with Crippen molar-refractivity contribution in [2.45, 2.75) is 33.7 Å². The summed E-state index contributed by atoms with van der Waals surface area (Å²) in [6, 6.07) is 8.89. The first-order valence-electron chi connectivity index (χ1n) is 5.96. The van der Waals surface area contributed by atoms with Gasteiger partial charge >= 0.3 is 0 Å². The van der Waals surface area contributed by atoms with Crippen LogP contribution in [0.25, 0.3) is 11.3 Å². The zero-order valence-electron chi connectivity index (χ0n) is 10.8. The Hall–Kier alpha value is -1.77. The van der Waals surface area contributed by atoms with Crippen molar-refractivity contribution in [3.05, 3.63) is 35.4 Å². The number of hydrogen-bond acceptors (Lipinski definition) is 2. The van der Waals surface area contributed by atoms with Crippen LogP contribution in [0.3, 0.4) is 0 Å². The fourth-order valence-electron chi connectivity index (χ4n) is 1.95. The van der Waals surface area contributed by atoms with Crippen molar-refractivity contribution in [2.75, 3.05) is 5.32 Å². The first-order valence-corrected chi connectivity index (χ1v) is 5.96. The van der Waals surface area contributed by atoms with Crippen LogP contribution in [0.2, 0.25) is 0 Å². The Kier molecular flexibility index (Phi) is 3.18. The second kappa shape index (κ2) is 4.62. The van der Waals surface area contributed by atoms with Crippen molar-refractivity contribution in [2.24, 2.45) is 0 Å². The van der Waals surface area contributed by atoms with E-state index in [1.165, 1.54) is 16.7 Å². The summed E-state index contributed by atoms with van der Waals surface area (Å²) < 4.78 is 0. The van der Waals surface area contributed by atoms with Crippen LogP contribution in [-0.2, 0) is 0 Å². The van der Waals surface area contributed by atoms with Gasteiger partial charge < -0.3 is 5.32 Å². The van der Waals surface area contributed by atoms with Crippen LogP contribution in [0.4, 0.5) is 5.82 Å². The van der Waals surface area contributed by atoms with Crippen LogP contribution in [-0.4, -0.2) is 16.2 Å². The Bertz CT molecular complexity index is 512. The second-order valence-electron chi connectivity index (χ2n) is 4.78. The SMILES string of the molecule is Cc1ccc(-c2cc(NC(C)C)n[nH]2)c(C)c1. The van der Waals surface area contributed by atoms with E-state index in [1.54, 1.807) is 0 Å². The molecule has 0 aliphatic rings. The van der Waals surface area contributed by atoms with Gasteiger partial charge in [0.1, 0.15) is 5.82 Å². The maximum Gasteiger partial charge on any atom is 0.148 e. The van der Waals surface area contributed by atoms with Crippen molar-refractivity contribution < 1.29 is 0 Å². The van der Waals surface area contributed by atoms with E-state index in [0.717, 1.165) is 11.5 Å². The average Bonchev–Trinajstić information content (AvgIpc) is 2.65. The third-order valence-corrected chi connectivity index (χ3v) is 2.69. The summed E-state index contributed by atoms with van der Waals surface area (Å²) in [5.41, 5.74) is 4.82. The van der Waals surface area contributed by atoms with Crippen molar-refractivity contribution >= 4 is 5.82 Å². The molecule has 0 amide bonds. The van der Waals surface area contributed by atoms with Crippen LogP contribution < -0.4 is 5.32 Å². The molecule has 0 fully saturated rings. The van der Waals surface area contributed by atoms with Crippen LogP contribution in [0.15, 0.2) is 24.3 Å². The number of nitrogens with one attached hydrogen (secondary N) is 2. The molecule has 2 aromatic rings. The molecule has 1 heterocycles. The molecular weight excluding hydrogens is 210 g/mol. The second-order valence-corrected chi connectivity index (χ2v) is 4.78. The lowest BCUT2D eigenvalue weighted by atomic mass is 10.0. The van der Waals surface area contributed by atoms with Crippen LogP contribution in [0.1, 0.15) is 25.0 Å². The molecule has 90 valence electrons. The van der Waals surface area contributed by atoms with Gasteiger partial charge in [-0.1, -0.05) is 23.8 Å². The molecule has 0 bridgehead atoms. The van der Waals surface area contributed by atoms with Gasteiger partial charge in [0, 0.05) is 17.7 Å². The Labute approximate surface area is 102 Å². The van der Waals surface area contributed by atoms with E-state index < -0.39 is 0 Å². The lowest BCUT2D eigenvalue weighted by molar-refractivity contribution is 0.884. The zero-order chi connectivity index (χ0) is 12.4. The largest absolute Gasteiger partial charge is 0.366 e. The summed E-state index contributed by atoms with van der Waals surface area (Å²) in [4.78, 5) is 0. The molecular formula is C14H19N3. The lowest BCUT2D eigenvalue weighted by Gasteiger charge is -2.05. The van der Waals surface area contributed by atoms with E-state index in [2.05, 4.69) is 67.5 Å². The van der Waals surface area contributed by atoms with Gasteiger partial charge in [-0.05, 0) is 33.3 Å².